The van der Waals surface area contributed by atoms with Gasteiger partial charge in [0.2, 0.25) is 5.88 Å². The second-order valence-corrected chi connectivity index (χ2v) is 5.76. The fourth-order valence-corrected chi connectivity index (χ4v) is 2.58. The van der Waals surface area contributed by atoms with E-state index in [2.05, 4.69) is 17.2 Å². The second-order valence-electron chi connectivity index (χ2n) is 4.92. The average molecular weight is 355 g/mol. The molecule has 4 nitrogen and oxygen atoms in total. The van der Waals surface area contributed by atoms with Crippen molar-refractivity contribution in [2.75, 3.05) is 19.8 Å². The van der Waals surface area contributed by atoms with Crippen LogP contribution in [0.2, 0.25) is 10.0 Å². The van der Waals surface area contributed by atoms with Gasteiger partial charge in [0.1, 0.15) is 12.4 Å². The van der Waals surface area contributed by atoms with Crippen LogP contribution in [0.1, 0.15) is 18.9 Å². The van der Waals surface area contributed by atoms with Crippen LogP contribution >= 0.6 is 23.2 Å². The molecule has 1 heterocycles. The minimum Gasteiger partial charge on any atom is -0.492 e. The molecule has 1 aromatic carbocycles. The third kappa shape index (κ3) is 5.90. The number of halogens is 2. The summed E-state index contributed by atoms with van der Waals surface area (Å²) >= 11 is 12.3. The topological polar surface area (TPSA) is 43.4 Å². The van der Waals surface area contributed by atoms with E-state index in [0.717, 1.165) is 12.0 Å². The first-order valence-electron chi connectivity index (χ1n) is 7.56. The first-order valence-corrected chi connectivity index (χ1v) is 8.31. The fourth-order valence-electron chi connectivity index (χ4n) is 1.99. The molecule has 0 aliphatic heterocycles. The first kappa shape index (κ1) is 17.9. The highest BCUT2D eigenvalue weighted by atomic mass is 35.5. The van der Waals surface area contributed by atoms with Crippen molar-refractivity contribution in [3.05, 3.63) is 52.1 Å². The van der Waals surface area contributed by atoms with Crippen molar-refractivity contribution in [2.24, 2.45) is 0 Å². The van der Waals surface area contributed by atoms with Gasteiger partial charge in [-0.25, -0.2) is 4.98 Å². The van der Waals surface area contributed by atoms with Gasteiger partial charge in [-0.2, -0.15) is 0 Å². The zero-order chi connectivity index (χ0) is 16.5. The minimum atomic E-state index is 0.524. The van der Waals surface area contributed by atoms with Gasteiger partial charge in [-0.05, 0) is 24.6 Å². The molecule has 0 saturated carbocycles. The third-order valence-electron chi connectivity index (χ3n) is 3.02. The molecule has 1 N–H and O–H groups in total. The summed E-state index contributed by atoms with van der Waals surface area (Å²) in [7, 11) is 0. The smallest absolute Gasteiger partial charge is 0.213 e. The number of pyridine rings is 1. The number of aromatic nitrogens is 1. The minimum absolute atomic E-state index is 0.524. The SMILES string of the molecule is CCCOc1c(Cl)cc(Cl)cc1CNCCOc1ccccn1. The lowest BCUT2D eigenvalue weighted by atomic mass is 10.2. The molecule has 124 valence electrons. The Morgan fingerprint density at radius 2 is 2.00 bits per heavy atom. The van der Waals surface area contributed by atoms with Gasteiger partial charge in [-0.3, -0.25) is 0 Å². The Morgan fingerprint density at radius 3 is 2.74 bits per heavy atom. The molecule has 23 heavy (non-hydrogen) atoms. The monoisotopic (exact) mass is 354 g/mol. The maximum absolute atomic E-state index is 6.22. The maximum atomic E-state index is 6.22. The van der Waals surface area contributed by atoms with Crippen molar-refractivity contribution in [2.45, 2.75) is 19.9 Å². The molecule has 0 atom stereocenters. The molecule has 0 radical (unpaired) electrons. The molecule has 0 bridgehead atoms. The number of nitrogens with zero attached hydrogens (tertiary/aromatic N) is 1. The number of benzene rings is 1. The maximum Gasteiger partial charge on any atom is 0.213 e. The molecule has 0 saturated heterocycles. The van der Waals surface area contributed by atoms with Crippen LogP contribution in [0.5, 0.6) is 11.6 Å². The lowest BCUT2D eigenvalue weighted by Crippen LogP contribution is -2.21. The highest BCUT2D eigenvalue weighted by Crippen LogP contribution is 2.32. The Hall–Kier alpha value is -1.49. The molecule has 0 amide bonds. The van der Waals surface area contributed by atoms with Gasteiger partial charge in [0.25, 0.3) is 0 Å². The van der Waals surface area contributed by atoms with Gasteiger partial charge < -0.3 is 14.8 Å². The third-order valence-corrected chi connectivity index (χ3v) is 3.52. The van der Waals surface area contributed by atoms with Crippen molar-refractivity contribution in [1.29, 1.82) is 0 Å². The normalized spacial score (nSPS) is 10.6. The average Bonchev–Trinajstić information content (AvgIpc) is 2.54. The quantitative estimate of drug-likeness (QED) is 0.680. The molecule has 6 heteroatoms. The summed E-state index contributed by atoms with van der Waals surface area (Å²) < 4.78 is 11.3. The van der Waals surface area contributed by atoms with Crippen molar-refractivity contribution in [3.63, 3.8) is 0 Å². The van der Waals surface area contributed by atoms with Gasteiger partial charge in [-0.1, -0.05) is 36.2 Å². The van der Waals surface area contributed by atoms with Crippen LogP contribution in [0.4, 0.5) is 0 Å². The molecular formula is C17H20Cl2N2O2. The number of hydrogen-bond acceptors (Lipinski definition) is 4. The Labute approximate surface area is 146 Å². The van der Waals surface area contributed by atoms with Crippen LogP contribution in [0.25, 0.3) is 0 Å². The number of nitrogens with one attached hydrogen (secondary N) is 1. The van der Waals surface area contributed by atoms with Crippen LogP contribution in [0.15, 0.2) is 36.5 Å². The van der Waals surface area contributed by atoms with Gasteiger partial charge in [0.15, 0.2) is 0 Å². The number of rotatable bonds is 9. The molecular weight excluding hydrogens is 335 g/mol. The standard InChI is InChI=1S/C17H20Cl2N2O2/c1-2-8-23-17-13(10-14(18)11-15(17)19)12-20-7-9-22-16-5-3-4-6-21-16/h3-6,10-11,20H,2,7-9,12H2,1H3. The lowest BCUT2D eigenvalue weighted by Gasteiger charge is -2.14. The lowest BCUT2D eigenvalue weighted by molar-refractivity contribution is 0.298. The van der Waals surface area contributed by atoms with Gasteiger partial charge in [0, 0.05) is 35.9 Å². The Morgan fingerprint density at radius 1 is 1.13 bits per heavy atom. The van der Waals surface area contributed by atoms with Crippen LogP contribution < -0.4 is 14.8 Å². The molecule has 0 spiro atoms. The molecule has 0 fully saturated rings. The molecule has 0 aliphatic rings. The van der Waals surface area contributed by atoms with E-state index in [1.807, 2.05) is 24.3 Å². The summed E-state index contributed by atoms with van der Waals surface area (Å²) in [5.74, 6) is 1.31. The summed E-state index contributed by atoms with van der Waals surface area (Å²) in [6.07, 6.45) is 2.62. The van der Waals surface area contributed by atoms with Crippen molar-refractivity contribution >= 4 is 23.2 Å². The van der Waals surface area contributed by atoms with Crippen LogP contribution in [0, 0.1) is 0 Å². The predicted octanol–water partition coefficient (Wildman–Crippen LogP) is 4.35. The Kier molecular flexibility index (Phi) is 7.46. The highest BCUT2D eigenvalue weighted by Gasteiger charge is 2.10. The van der Waals surface area contributed by atoms with E-state index in [9.17, 15) is 0 Å². The van der Waals surface area contributed by atoms with Gasteiger partial charge in [0.05, 0.1) is 11.6 Å². The molecule has 0 aliphatic carbocycles. The largest absolute Gasteiger partial charge is 0.492 e. The summed E-state index contributed by atoms with van der Waals surface area (Å²) in [6, 6.07) is 9.13. The first-order chi connectivity index (χ1) is 11.2. The van der Waals surface area contributed by atoms with Crippen molar-refractivity contribution in [1.82, 2.24) is 10.3 Å². The molecule has 0 unspecified atom stereocenters. The van der Waals surface area contributed by atoms with E-state index < -0.39 is 0 Å². The van der Waals surface area contributed by atoms with E-state index in [0.29, 0.717) is 48.0 Å². The zero-order valence-corrected chi connectivity index (χ0v) is 14.5. The van der Waals surface area contributed by atoms with Crippen molar-refractivity contribution in [3.8, 4) is 11.6 Å². The number of hydrogen-bond donors (Lipinski definition) is 1. The van der Waals surface area contributed by atoms with Gasteiger partial charge in [-0.15, -0.1) is 0 Å². The highest BCUT2D eigenvalue weighted by molar-refractivity contribution is 6.35. The van der Waals surface area contributed by atoms with E-state index in [1.54, 1.807) is 12.3 Å². The fraction of sp³-hybridized carbons (Fsp3) is 0.353. The molecule has 1 aromatic heterocycles. The van der Waals surface area contributed by atoms with Crippen LogP contribution in [0.3, 0.4) is 0 Å². The van der Waals surface area contributed by atoms with E-state index in [1.165, 1.54) is 0 Å². The Bertz CT molecular complexity index is 609. The van der Waals surface area contributed by atoms with E-state index >= 15 is 0 Å². The van der Waals surface area contributed by atoms with Crippen LogP contribution in [-0.2, 0) is 6.54 Å². The molecule has 2 aromatic rings. The van der Waals surface area contributed by atoms with E-state index in [-0.39, 0.29) is 0 Å². The zero-order valence-electron chi connectivity index (χ0n) is 13.0. The molecule has 2 rings (SSSR count). The van der Waals surface area contributed by atoms with Gasteiger partial charge >= 0.3 is 0 Å². The van der Waals surface area contributed by atoms with E-state index in [4.69, 9.17) is 32.7 Å². The summed E-state index contributed by atoms with van der Waals surface area (Å²) in [5.41, 5.74) is 0.939. The van der Waals surface area contributed by atoms with Crippen LogP contribution in [-0.4, -0.2) is 24.7 Å². The summed E-state index contributed by atoms with van der Waals surface area (Å²) in [5, 5.41) is 4.43. The number of ether oxygens (including phenoxy) is 2. The second kappa shape index (κ2) is 9.60. The van der Waals surface area contributed by atoms with Crippen molar-refractivity contribution < 1.29 is 9.47 Å². The predicted molar refractivity (Wildman–Crippen MR) is 93.7 cm³/mol. The summed E-state index contributed by atoms with van der Waals surface area (Å²) in [6.45, 7) is 4.48. The summed E-state index contributed by atoms with van der Waals surface area (Å²) in [4.78, 5) is 4.10. The Balaban J connectivity index is 1.84.